The van der Waals surface area contributed by atoms with Crippen LogP contribution in [0.15, 0.2) is 76.2 Å². The number of anilines is 1. The van der Waals surface area contributed by atoms with Crippen LogP contribution in [0.3, 0.4) is 0 Å². The first-order chi connectivity index (χ1) is 27.0. The normalized spacial score (nSPS) is 16.0. The summed E-state index contributed by atoms with van der Waals surface area (Å²) < 4.78 is 16.8. The number of aromatic nitrogens is 1. The van der Waals surface area contributed by atoms with Crippen molar-refractivity contribution in [2.45, 2.75) is 56.1 Å². The molecule has 1 atom stereocenters. The van der Waals surface area contributed by atoms with Crippen LogP contribution in [0.1, 0.15) is 58.2 Å². The Hall–Kier alpha value is -5.35. The van der Waals surface area contributed by atoms with Crippen LogP contribution >= 0.6 is 22.7 Å². The van der Waals surface area contributed by atoms with E-state index < -0.39 is 23.8 Å². The molecule has 2 aromatic carbocycles. The van der Waals surface area contributed by atoms with Gasteiger partial charge in [-0.2, -0.15) is 5.26 Å². The molecule has 0 aliphatic heterocycles. The van der Waals surface area contributed by atoms with Gasteiger partial charge >= 0.3 is 12.1 Å². The topological polar surface area (TPSA) is 206 Å². The van der Waals surface area contributed by atoms with Crippen molar-refractivity contribution in [1.82, 2.24) is 15.2 Å². The van der Waals surface area contributed by atoms with Crippen LogP contribution in [0.2, 0.25) is 0 Å². The van der Waals surface area contributed by atoms with Crippen LogP contribution in [0.5, 0.6) is 11.5 Å². The number of hydrogen-bond donors (Lipinski definition) is 6. The number of rotatable bonds is 15. The number of thiophene rings is 2. The lowest BCUT2D eigenvalue weighted by Gasteiger charge is -2.35. The third-order valence-electron chi connectivity index (χ3n) is 9.97. The number of nitrogens with zero attached hydrogens (tertiary/aromatic N) is 2. The summed E-state index contributed by atoms with van der Waals surface area (Å²) in [5, 5.41) is 52.7. The number of likely N-dealkylation sites (N-methyl/N-ethyl adjacent to an activating group) is 1. The Balaban J connectivity index is 0.00000620. The molecule has 6 N–H and O–H groups in total. The van der Waals surface area contributed by atoms with Gasteiger partial charge in [-0.3, -0.25) is 14.8 Å². The van der Waals surface area contributed by atoms with Crippen molar-refractivity contribution in [2.75, 3.05) is 39.2 Å². The predicted molar refractivity (Wildman–Crippen MR) is 214 cm³/mol. The minimum Gasteiger partial charge on any atom is -0.506 e. The highest BCUT2D eigenvalue weighted by Crippen LogP contribution is 2.38. The molecule has 1 aliphatic carbocycles. The van der Waals surface area contributed by atoms with Gasteiger partial charge in [0.2, 0.25) is 11.2 Å². The monoisotopic (exact) mass is 821 g/mol. The number of benzene rings is 2. The van der Waals surface area contributed by atoms with E-state index in [1.54, 1.807) is 36.4 Å². The van der Waals surface area contributed by atoms with E-state index >= 15 is 0 Å². The second-order valence-corrected chi connectivity index (χ2v) is 15.4. The summed E-state index contributed by atoms with van der Waals surface area (Å²) >= 11 is 2.61. The molecule has 6 rings (SSSR count). The molecule has 1 amide bonds. The molecule has 1 aliphatic rings. The maximum absolute atomic E-state index is 13.4. The minimum atomic E-state index is -1.84. The lowest BCUT2D eigenvalue weighted by Crippen LogP contribution is -2.42. The zero-order valence-electron chi connectivity index (χ0n) is 31.2. The quantitative estimate of drug-likeness (QED) is 0.0726. The van der Waals surface area contributed by atoms with E-state index in [2.05, 4.69) is 26.6 Å². The highest BCUT2D eigenvalue weighted by Gasteiger charge is 2.45. The molecule has 0 saturated heterocycles. The Kier molecular flexibility index (Phi) is 14.4. The number of esters is 1. The number of phenolic OH excluding ortho intramolecular Hbond substituents is 1. The number of methoxy groups -OCH3 is 1. The summed E-state index contributed by atoms with van der Waals surface area (Å²) in [5.41, 5.74) is -0.604. The first-order valence-electron chi connectivity index (χ1n) is 18.0. The van der Waals surface area contributed by atoms with Crippen LogP contribution in [0, 0.1) is 11.3 Å². The molecule has 0 radical (unpaired) electrons. The van der Waals surface area contributed by atoms with Gasteiger partial charge in [0, 0.05) is 43.2 Å². The molecular weight excluding hydrogens is 778 g/mol. The summed E-state index contributed by atoms with van der Waals surface area (Å²) in [6, 6.07) is 18.4. The van der Waals surface area contributed by atoms with E-state index in [4.69, 9.17) is 14.2 Å². The highest BCUT2D eigenvalue weighted by molar-refractivity contribution is 7.12. The van der Waals surface area contributed by atoms with Crippen LogP contribution in [-0.4, -0.2) is 83.3 Å². The van der Waals surface area contributed by atoms with Crippen LogP contribution in [-0.2, 0) is 26.4 Å². The first kappa shape index (κ1) is 42.8. The third-order valence-corrected chi connectivity index (χ3v) is 11.9. The van der Waals surface area contributed by atoms with Crippen LogP contribution in [0.25, 0.3) is 10.9 Å². The second-order valence-electron chi connectivity index (χ2n) is 13.5. The van der Waals surface area contributed by atoms with Gasteiger partial charge in [-0.1, -0.05) is 18.2 Å². The van der Waals surface area contributed by atoms with E-state index in [9.17, 15) is 35.0 Å². The molecule has 0 spiro atoms. The lowest BCUT2D eigenvalue weighted by atomic mass is 9.91. The zero-order chi connectivity index (χ0) is 39.8. The Morgan fingerprint density at radius 1 is 1.07 bits per heavy atom. The standard InChI is InChI=1S/C40H43N5O9S2.FH/c1-45(25-7-9-26(10-8-25)54-38(49)40(51,34-5-3-17-55-34)35-6-4-18-56-35)15-16-53-39(50)43-31-20-27(52-2)19-24(30(31)21-41)22-42-23-33(47)28-11-13-32(46)37-29(28)12-14-36(48)44-37;/h3-6,11-14,17-20,25-26,33,42,46-47,51H,7-10,15-16,22-23H2,1-2H3,(H,43,50)(H,44,48);1H/t25?,26?,33-;/m0./s1. The maximum Gasteiger partial charge on any atom is 0.411 e. The number of carbonyl (C=O) groups is 2. The molecule has 0 bridgehead atoms. The summed E-state index contributed by atoms with van der Waals surface area (Å²) in [4.78, 5) is 43.8. The van der Waals surface area contributed by atoms with Crippen molar-refractivity contribution in [3.8, 4) is 17.6 Å². The number of nitrogens with one attached hydrogen (secondary N) is 3. The number of hydrogen-bond acceptors (Lipinski definition) is 14. The SMILES string of the molecule is COc1cc(CNC[C@H](O)c2ccc(O)c3[nH]c(=O)ccc23)c(C#N)c(NC(=O)OCCN(C)C2CCC(OC(=O)C(O)(c3cccs3)c3cccs3)CC2)c1.F. The van der Waals surface area contributed by atoms with E-state index in [0.29, 0.717) is 51.4 Å². The number of aliphatic hydroxyl groups is 2. The number of phenols is 1. The van der Waals surface area contributed by atoms with Gasteiger partial charge in [0.1, 0.15) is 30.3 Å². The number of pyridine rings is 1. The van der Waals surface area contributed by atoms with Gasteiger partial charge in [-0.15, -0.1) is 22.7 Å². The average Bonchev–Trinajstić information content (AvgIpc) is 3.95. The summed E-state index contributed by atoms with van der Waals surface area (Å²) in [5.74, 6) is -0.387. The molecule has 302 valence electrons. The molecule has 14 nitrogen and oxygen atoms in total. The van der Waals surface area contributed by atoms with Crippen molar-refractivity contribution in [2.24, 2.45) is 0 Å². The zero-order valence-corrected chi connectivity index (χ0v) is 32.9. The highest BCUT2D eigenvalue weighted by atomic mass is 32.1. The second kappa shape index (κ2) is 19.2. The number of halogens is 1. The fourth-order valence-corrected chi connectivity index (χ4v) is 8.62. The Labute approximate surface area is 335 Å². The molecular formula is C40H44FN5O9S2. The Morgan fingerprint density at radius 2 is 1.77 bits per heavy atom. The molecule has 1 saturated carbocycles. The van der Waals surface area contributed by atoms with E-state index in [1.165, 1.54) is 54.0 Å². The number of ether oxygens (including phenoxy) is 3. The van der Waals surface area contributed by atoms with Crippen molar-refractivity contribution in [1.29, 1.82) is 5.26 Å². The summed E-state index contributed by atoms with van der Waals surface area (Å²) in [7, 11) is 3.41. The number of aliphatic hydroxyl groups excluding tert-OH is 1. The van der Waals surface area contributed by atoms with Gasteiger partial charge in [-0.05, 0) is 84.9 Å². The lowest BCUT2D eigenvalue weighted by molar-refractivity contribution is -0.169. The van der Waals surface area contributed by atoms with Crippen molar-refractivity contribution in [3.63, 3.8) is 0 Å². The molecule has 17 heteroatoms. The van der Waals surface area contributed by atoms with Gasteiger partial charge in [0.15, 0.2) is 0 Å². The Bertz CT molecular complexity index is 2200. The Morgan fingerprint density at radius 3 is 2.40 bits per heavy atom. The van der Waals surface area contributed by atoms with Crippen LogP contribution < -0.4 is 20.9 Å². The van der Waals surface area contributed by atoms with E-state index in [-0.39, 0.29) is 64.6 Å². The molecule has 3 aromatic heterocycles. The number of H-pyrrole nitrogens is 1. The van der Waals surface area contributed by atoms with Crippen molar-refractivity contribution >= 4 is 51.3 Å². The smallest absolute Gasteiger partial charge is 0.411 e. The minimum absolute atomic E-state index is 0. The number of fused-ring (bicyclic) bond motifs is 1. The van der Waals surface area contributed by atoms with Gasteiger partial charge in [-0.25, -0.2) is 9.59 Å². The van der Waals surface area contributed by atoms with Crippen LogP contribution in [0.4, 0.5) is 15.2 Å². The van der Waals surface area contributed by atoms with Gasteiger partial charge < -0.3 is 44.7 Å². The number of nitriles is 1. The van der Waals surface area contributed by atoms with Crippen molar-refractivity contribution in [3.05, 3.63) is 108 Å². The molecule has 1 fully saturated rings. The summed E-state index contributed by atoms with van der Waals surface area (Å²) in [6.07, 6.45) is 0.694. The van der Waals surface area contributed by atoms with E-state index in [1.807, 2.05) is 17.8 Å². The predicted octanol–water partition coefficient (Wildman–Crippen LogP) is 5.48. The summed E-state index contributed by atoms with van der Waals surface area (Å²) in [6.45, 7) is 0.751. The first-order valence-corrected chi connectivity index (χ1v) is 19.8. The van der Waals surface area contributed by atoms with E-state index in [0.717, 1.165) is 12.8 Å². The number of carbonyl (C=O) groups excluding carboxylic acids is 2. The fraction of sp³-hybridized carbons (Fsp3) is 0.350. The maximum atomic E-state index is 13.4. The largest absolute Gasteiger partial charge is 0.506 e. The molecule has 57 heavy (non-hydrogen) atoms. The van der Waals surface area contributed by atoms with Gasteiger partial charge in [0.25, 0.3) is 0 Å². The fourth-order valence-electron chi connectivity index (χ4n) is 6.91. The molecule has 5 aromatic rings. The number of amides is 1. The average molecular weight is 822 g/mol. The third kappa shape index (κ3) is 9.79. The van der Waals surface area contributed by atoms with Gasteiger partial charge in [0.05, 0.1) is 39.7 Å². The molecule has 3 heterocycles. The number of aromatic hydroxyl groups is 1. The van der Waals surface area contributed by atoms with Crippen molar-refractivity contribution < 1.29 is 43.8 Å². The molecule has 0 unspecified atom stereocenters. The number of aromatic amines is 1.